The van der Waals surface area contributed by atoms with Crippen LogP contribution in [-0.2, 0) is 21.0 Å². The first-order chi connectivity index (χ1) is 14.0. The third kappa shape index (κ3) is 4.66. The number of aromatic amines is 1. The van der Waals surface area contributed by atoms with Crippen LogP contribution in [0.2, 0.25) is 0 Å². The molecule has 0 aliphatic heterocycles. The van der Waals surface area contributed by atoms with Gasteiger partial charge in [-0.2, -0.15) is 4.98 Å². The van der Waals surface area contributed by atoms with Crippen LogP contribution in [0.25, 0.3) is 11.2 Å². The Kier molecular flexibility index (Phi) is 3.82. The number of anilines is 1. The number of hydrogen-bond acceptors (Lipinski definition) is 8. The van der Waals surface area contributed by atoms with Gasteiger partial charge < -0.3 is 20.9 Å². The Balaban J connectivity index is 0.00000512. The average molecular weight is 369 g/mol. The van der Waals surface area contributed by atoms with Crippen LogP contribution in [0.4, 0.5) is 5.95 Å². The Morgan fingerprint density at radius 2 is 2.29 bits per heavy atom. The van der Waals surface area contributed by atoms with Gasteiger partial charge in [-0.05, 0) is 5.89 Å². The number of imidazole rings is 1. The van der Waals surface area contributed by atoms with Gasteiger partial charge in [0.2, 0.25) is 5.95 Å². The van der Waals surface area contributed by atoms with Crippen molar-refractivity contribution in [2.45, 2.75) is 26.5 Å². The van der Waals surface area contributed by atoms with Gasteiger partial charge in [0, 0.05) is 9.60 Å². The van der Waals surface area contributed by atoms with Gasteiger partial charge in [-0.25, -0.2) is 4.98 Å². The predicted octanol–water partition coefficient (Wildman–Crippen LogP) is -0.376. The molecule has 0 saturated heterocycles. The zero-order valence-corrected chi connectivity index (χ0v) is 13.1. The lowest BCUT2D eigenvalue weighted by molar-refractivity contribution is -0.148. The van der Waals surface area contributed by atoms with Gasteiger partial charge in [0.1, 0.15) is 19.4 Å². The van der Waals surface area contributed by atoms with Crippen molar-refractivity contribution in [1.29, 1.82) is 0 Å². The fourth-order valence-corrected chi connectivity index (χ4v) is 1.60. The van der Waals surface area contributed by atoms with Crippen molar-refractivity contribution in [3.05, 3.63) is 16.7 Å². The number of aromatic nitrogens is 4. The van der Waals surface area contributed by atoms with Crippen LogP contribution < -0.4 is 17.0 Å². The van der Waals surface area contributed by atoms with Crippen molar-refractivity contribution in [1.82, 2.24) is 19.5 Å². The van der Waals surface area contributed by atoms with Gasteiger partial charge in [-0.3, -0.25) is 19.1 Å². The molecule has 1 atom stereocenters. The average Bonchev–Trinajstić information content (AvgIpc) is 3.01. The molecule has 24 heavy (non-hydrogen) atoms. The molecule has 5 N–H and O–H groups in total. The number of nitrogens with one attached hydrogen (secondary N) is 1. The number of hydrogen-bond donors (Lipinski definition) is 3. The Bertz CT molecular complexity index is 1010. The number of fused-ring (bicyclic) bond motifs is 1. The number of ether oxygens (including phenoxy) is 2. The molecule has 2 aromatic heterocycles. The third-order valence-electron chi connectivity index (χ3n) is 2.67. The summed E-state index contributed by atoms with van der Waals surface area (Å²) >= 11 is 0. The summed E-state index contributed by atoms with van der Waals surface area (Å²) in [5, 5.41) is 0. The second-order valence-corrected chi connectivity index (χ2v) is 4.30. The molecule has 2 heterocycles. The molecule has 0 bridgehead atoms. The van der Waals surface area contributed by atoms with Gasteiger partial charge in [-0.15, -0.1) is 12.4 Å². The van der Waals surface area contributed by atoms with Crippen LogP contribution in [0.3, 0.4) is 0 Å². The highest BCUT2D eigenvalue weighted by molar-refractivity contribution is 5.85. The lowest BCUT2D eigenvalue weighted by Crippen LogP contribution is -2.37. The molecule has 0 fully saturated rings. The Labute approximate surface area is 155 Å². The molecule has 0 aliphatic rings. The van der Waals surface area contributed by atoms with E-state index in [1.54, 1.807) is 0 Å². The van der Waals surface area contributed by atoms with E-state index < -0.39 is 43.8 Å². The van der Waals surface area contributed by atoms with Crippen molar-refractivity contribution >= 4 is 35.5 Å². The highest BCUT2D eigenvalue weighted by Gasteiger charge is 2.18. The molecule has 2 aromatic rings. The molecule has 0 unspecified atom stereocenters. The SMILES string of the molecule is Cl.[2H]C([2H])([2H])C([2H])(C([2H])([2H])[2H])[C@]([2H])(N)C(=O)OCCOCn1cnc2c(=O)[nH]c(N)nc21. The molecular weight excluding hydrogens is 340 g/mol. The van der Waals surface area contributed by atoms with Crippen molar-refractivity contribution in [3.63, 3.8) is 0 Å². The number of H-pyrrole nitrogens is 1. The zero-order valence-electron chi connectivity index (χ0n) is 20.2. The fourth-order valence-electron chi connectivity index (χ4n) is 1.60. The standard InChI is InChI=1S/C13H20N6O4.ClH/c1-7(2)8(14)12(21)23-4-3-22-6-19-5-16-9-10(19)17-13(15)18-11(9)20;/h5,7-8H,3-4,6,14H2,1-2H3,(H3,15,17,18,20);1H/t8-;/m0./s1/i1D3,2D3,7D,8D;. The van der Waals surface area contributed by atoms with Crippen LogP contribution in [-0.4, -0.2) is 44.7 Å². The second kappa shape index (κ2) is 8.62. The molecule has 0 radical (unpaired) electrons. The van der Waals surface area contributed by atoms with Crippen LogP contribution in [0.5, 0.6) is 0 Å². The van der Waals surface area contributed by atoms with E-state index in [1.807, 2.05) is 0 Å². The van der Waals surface area contributed by atoms with E-state index in [1.165, 1.54) is 10.9 Å². The first-order valence-corrected chi connectivity index (χ1v) is 6.28. The summed E-state index contributed by atoms with van der Waals surface area (Å²) in [6, 6.07) is -3.42. The maximum atomic E-state index is 12.2. The van der Waals surface area contributed by atoms with Crippen LogP contribution >= 0.6 is 12.4 Å². The fraction of sp³-hybridized carbons (Fsp3) is 0.538. The minimum absolute atomic E-state index is 0. The minimum Gasteiger partial charge on any atom is -0.462 e. The second-order valence-electron chi connectivity index (χ2n) is 4.30. The lowest BCUT2D eigenvalue weighted by Gasteiger charge is -2.14. The van der Waals surface area contributed by atoms with Crippen molar-refractivity contribution in [3.8, 4) is 0 Å². The maximum absolute atomic E-state index is 12.2. The first kappa shape index (κ1) is 10.6. The molecule has 0 amide bonds. The molecular formula is C13H21ClN6O4. The van der Waals surface area contributed by atoms with E-state index in [2.05, 4.69) is 19.7 Å². The van der Waals surface area contributed by atoms with Gasteiger partial charge in [0.25, 0.3) is 5.56 Å². The van der Waals surface area contributed by atoms with E-state index in [9.17, 15) is 9.59 Å². The van der Waals surface area contributed by atoms with E-state index >= 15 is 0 Å². The predicted molar refractivity (Wildman–Crippen MR) is 89.5 cm³/mol. The zero-order chi connectivity index (χ0) is 23.8. The number of nitrogens with two attached hydrogens (primary N) is 2. The van der Waals surface area contributed by atoms with E-state index in [0.717, 1.165) is 0 Å². The van der Waals surface area contributed by atoms with Crippen molar-refractivity contribution in [2.75, 3.05) is 18.9 Å². The highest BCUT2D eigenvalue weighted by Crippen LogP contribution is 2.06. The van der Waals surface area contributed by atoms with Gasteiger partial charge in [-0.1, -0.05) is 13.7 Å². The van der Waals surface area contributed by atoms with Crippen molar-refractivity contribution in [2.24, 2.45) is 11.6 Å². The summed E-state index contributed by atoms with van der Waals surface area (Å²) in [7, 11) is 0. The Morgan fingerprint density at radius 3 is 3.00 bits per heavy atom. The summed E-state index contributed by atoms with van der Waals surface area (Å²) in [5.41, 5.74) is 10.5. The summed E-state index contributed by atoms with van der Waals surface area (Å²) in [6.45, 7) is -8.17. The van der Waals surface area contributed by atoms with Crippen LogP contribution in [0.1, 0.15) is 24.7 Å². The monoisotopic (exact) mass is 368 g/mol. The summed E-state index contributed by atoms with van der Waals surface area (Å²) in [4.78, 5) is 33.9. The number of esters is 1. The number of halogens is 1. The van der Waals surface area contributed by atoms with Gasteiger partial charge >= 0.3 is 5.97 Å². The van der Waals surface area contributed by atoms with Gasteiger partial charge in [0.05, 0.1) is 14.3 Å². The molecule has 0 spiro atoms. The summed E-state index contributed by atoms with van der Waals surface area (Å²) in [6.07, 6.45) is 1.26. The molecule has 10 nitrogen and oxygen atoms in total. The number of carbonyl (C=O) groups excluding carboxylic acids is 1. The normalized spacial score (nSPS) is 19.9. The highest BCUT2D eigenvalue weighted by atomic mass is 35.5. The summed E-state index contributed by atoms with van der Waals surface area (Å²) in [5.74, 6) is -5.49. The number of rotatable bonds is 7. The topological polar surface area (TPSA) is 151 Å². The van der Waals surface area contributed by atoms with E-state index in [0.29, 0.717) is 0 Å². The summed E-state index contributed by atoms with van der Waals surface area (Å²) < 4.78 is 70.8. The van der Waals surface area contributed by atoms with Crippen LogP contribution in [0, 0.1) is 5.89 Å². The quantitative estimate of drug-likeness (QED) is 0.442. The number of carbonyl (C=O) groups is 1. The molecule has 0 aliphatic carbocycles. The van der Waals surface area contributed by atoms with E-state index in [-0.39, 0.29) is 42.9 Å². The third-order valence-corrected chi connectivity index (χ3v) is 2.67. The van der Waals surface area contributed by atoms with Crippen LogP contribution in [0.15, 0.2) is 11.1 Å². The number of nitrogens with zero attached hydrogens (tertiary/aromatic N) is 3. The molecule has 0 aromatic carbocycles. The minimum atomic E-state index is -3.64. The lowest BCUT2D eigenvalue weighted by atomic mass is 10.1. The Hall–Kier alpha value is -2.17. The van der Waals surface area contributed by atoms with E-state index in [4.69, 9.17) is 27.2 Å². The first-order valence-electron chi connectivity index (χ1n) is 10.3. The number of nitrogen functional groups attached to an aromatic ring is 1. The Morgan fingerprint density at radius 1 is 1.54 bits per heavy atom. The molecule has 134 valence electrons. The van der Waals surface area contributed by atoms with Gasteiger partial charge in [0.15, 0.2) is 11.2 Å². The molecule has 11 heteroatoms. The molecule has 0 saturated carbocycles. The smallest absolute Gasteiger partial charge is 0.323 e. The van der Waals surface area contributed by atoms with Crippen molar-refractivity contribution < 1.29 is 25.2 Å². The largest absolute Gasteiger partial charge is 0.462 e. The molecule has 2 rings (SSSR count). The maximum Gasteiger partial charge on any atom is 0.323 e.